The smallest absolute Gasteiger partial charge is 0.383 e. The SMILES string of the molecule is Cc1cccc(F)c1C(=O)N1CCCC(C(=O)Nc2cccc(C(F)(F)F)c2)C1[C@@H]1C=CC(NC2CCCC2)=CC1. The molecule has 3 aliphatic rings. The number of hydrogen-bond acceptors (Lipinski definition) is 3. The van der Waals surface area contributed by atoms with E-state index in [1.807, 2.05) is 12.2 Å². The molecule has 2 aromatic carbocycles. The summed E-state index contributed by atoms with van der Waals surface area (Å²) >= 11 is 0. The highest BCUT2D eigenvalue weighted by Gasteiger charge is 2.43. The first-order chi connectivity index (χ1) is 19.6. The molecule has 2 aliphatic carbocycles. The summed E-state index contributed by atoms with van der Waals surface area (Å²) in [4.78, 5) is 29.1. The zero-order valence-corrected chi connectivity index (χ0v) is 23.0. The predicted molar refractivity (Wildman–Crippen MR) is 149 cm³/mol. The molecular weight excluding hydrogens is 534 g/mol. The molecule has 2 fully saturated rings. The average molecular weight is 570 g/mol. The average Bonchev–Trinajstić information content (AvgIpc) is 3.46. The Labute approximate surface area is 237 Å². The van der Waals surface area contributed by atoms with Crippen LogP contribution in [-0.4, -0.2) is 35.3 Å². The first-order valence-electron chi connectivity index (χ1n) is 14.3. The van der Waals surface area contributed by atoms with Gasteiger partial charge in [0.05, 0.1) is 23.1 Å². The molecule has 0 radical (unpaired) electrons. The van der Waals surface area contributed by atoms with Crippen molar-refractivity contribution in [2.24, 2.45) is 11.8 Å². The van der Waals surface area contributed by atoms with Crippen LogP contribution in [0.2, 0.25) is 0 Å². The van der Waals surface area contributed by atoms with Gasteiger partial charge in [-0.2, -0.15) is 13.2 Å². The zero-order valence-electron chi connectivity index (χ0n) is 23.0. The van der Waals surface area contributed by atoms with Crippen LogP contribution < -0.4 is 10.6 Å². The van der Waals surface area contributed by atoms with E-state index in [4.69, 9.17) is 0 Å². The summed E-state index contributed by atoms with van der Waals surface area (Å²) in [6, 6.07) is 8.85. The molecule has 0 aromatic heterocycles. The summed E-state index contributed by atoms with van der Waals surface area (Å²) in [7, 11) is 0. The van der Waals surface area contributed by atoms with Crippen LogP contribution in [0.1, 0.15) is 66.4 Å². The van der Waals surface area contributed by atoms with Crippen LogP contribution in [0.3, 0.4) is 0 Å². The molecule has 0 spiro atoms. The highest BCUT2D eigenvalue weighted by Crippen LogP contribution is 2.37. The summed E-state index contributed by atoms with van der Waals surface area (Å²) in [6.45, 7) is 2.03. The van der Waals surface area contributed by atoms with Gasteiger partial charge in [-0.15, -0.1) is 0 Å². The second kappa shape index (κ2) is 12.1. The molecule has 41 heavy (non-hydrogen) atoms. The summed E-state index contributed by atoms with van der Waals surface area (Å²) < 4.78 is 54.8. The molecule has 1 saturated carbocycles. The van der Waals surface area contributed by atoms with Crippen molar-refractivity contribution in [3.63, 3.8) is 0 Å². The molecule has 5 rings (SSSR count). The Morgan fingerprint density at radius 3 is 2.44 bits per heavy atom. The molecule has 1 aliphatic heterocycles. The normalized spacial score (nSPS) is 23.3. The number of anilines is 1. The predicted octanol–water partition coefficient (Wildman–Crippen LogP) is 7.00. The molecule has 0 bridgehead atoms. The summed E-state index contributed by atoms with van der Waals surface area (Å²) in [5.74, 6) is -2.47. The lowest BCUT2D eigenvalue weighted by atomic mass is 9.77. The summed E-state index contributed by atoms with van der Waals surface area (Å²) in [5.41, 5.74) is 0.683. The van der Waals surface area contributed by atoms with Crippen LogP contribution in [0, 0.1) is 24.6 Å². The lowest BCUT2D eigenvalue weighted by Gasteiger charge is -2.44. The number of hydrogen-bond donors (Lipinski definition) is 2. The van der Waals surface area contributed by atoms with Crippen molar-refractivity contribution in [1.82, 2.24) is 10.2 Å². The second-order valence-electron chi connectivity index (χ2n) is 11.3. The lowest BCUT2D eigenvalue weighted by molar-refractivity contribution is -0.137. The van der Waals surface area contributed by atoms with Gasteiger partial charge in [0, 0.05) is 29.9 Å². The molecule has 5 nitrogen and oxygen atoms in total. The highest BCUT2D eigenvalue weighted by atomic mass is 19.4. The van der Waals surface area contributed by atoms with Gasteiger partial charge in [-0.3, -0.25) is 9.59 Å². The van der Waals surface area contributed by atoms with Crippen LogP contribution in [0.25, 0.3) is 0 Å². The molecule has 2 unspecified atom stereocenters. The maximum atomic E-state index is 14.9. The number of amides is 2. The van der Waals surface area contributed by atoms with Crippen molar-refractivity contribution >= 4 is 17.5 Å². The number of piperidine rings is 1. The fourth-order valence-electron chi connectivity index (χ4n) is 6.43. The summed E-state index contributed by atoms with van der Waals surface area (Å²) in [5, 5.41) is 6.24. The van der Waals surface area contributed by atoms with Gasteiger partial charge < -0.3 is 15.5 Å². The number of allylic oxidation sites excluding steroid dienone is 2. The Balaban J connectivity index is 1.42. The van der Waals surface area contributed by atoms with Gasteiger partial charge in [0.1, 0.15) is 5.82 Å². The molecular formula is C32H35F4N3O2. The number of halogens is 4. The van der Waals surface area contributed by atoms with Gasteiger partial charge in [-0.25, -0.2) is 4.39 Å². The molecule has 1 saturated heterocycles. The van der Waals surface area contributed by atoms with Gasteiger partial charge >= 0.3 is 6.18 Å². The minimum absolute atomic E-state index is 0.0182. The molecule has 9 heteroatoms. The summed E-state index contributed by atoms with van der Waals surface area (Å²) in [6.07, 6.45) is 7.72. The van der Waals surface area contributed by atoms with E-state index in [9.17, 15) is 27.2 Å². The maximum Gasteiger partial charge on any atom is 0.416 e. The van der Waals surface area contributed by atoms with E-state index in [0.717, 1.165) is 30.7 Å². The van der Waals surface area contributed by atoms with E-state index in [0.29, 0.717) is 37.4 Å². The lowest BCUT2D eigenvalue weighted by Crippen LogP contribution is -2.55. The van der Waals surface area contributed by atoms with Crippen LogP contribution >= 0.6 is 0 Å². The Morgan fingerprint density at radius 1 is 1.00 bits per heavy atom. The molecule has 2 N–H and O–H groups in total. The van der Waals surface area contributed by atoms with Gasteiger partial charge in [0.2, 0.25) is 5.91 Å². The number of alkyl halides is 3. The van der Waals surface area contributed by atoms with Crippen molar-refractivity contribution in [3.8, 4) is 0 Å². The zero-order chi connectivity index (χ0) is 29.1. The Morgan fingerprint density at radius 2 is 1.76 bits per heavy atom. The number of aryl methyl sites for hydroxylation is 1. The molecule has 3 atom stereocenters. The second-order valence-corrected chi connectivity index (χ2v) is 11.3. The van der Waals surface area contributed by atoms with E-state index in [2.05, 4.69) is 16.7 Å². The quantitative estimate of drug-likeness (QED) is 0.368. The van der Waals surface area contributed by atoms with Crippen LogP contribution in [0.15, 0.2) is 66.4 Å². The van der Waals surface area contributed by atoms with Crippen LogP contribution in [0.4, 0.5) is 23.2 Å². The minimum Gasteiger partial charge on any atom is -0.383 e. The van der Waals surface area contributed by atoms with E-state index in [1.165, 1.54) is 31.0 Å². The molecule has 1 heterocycles. The largest absolute Gasteiger partial charge is 0.416 e. The fraction of sp³-hybridized carbons (Fsp3) is 0.438. The Hall–Kier alpha value is -3.62. The van der Waals surface area contributed by atoms with Gasteiger partial charge in [-0.1, -0.05) is 43.2 Å². The fourth-order valence-corrected chi connectivity index (χ4v) is 6.43. The van der Waals surface area contributed by atoms with Gasteiger partial charge in [0.25, 0.3) is 5.91 Å². The number of nitrogens with one attached hydrogen (secondary N) is 2. The minimum atomic E-state index is -4.54. The van der Waals surface area contributed by atoms with E-state index in [-0.39, 0.29) is 17.2 Å². The van der Waals surface area contributed by atoms with Crippen molar-refractivity contribution in [2.45, 2.75) is 70.1 Å². The van der Waals surface area contributed by atoms with E-state index in [1.54, 1.807) is 24.0 Å². The van der Waals surface area contributed by atoms with Crippen LogP contribution in [-0.2, 0) is 11.0 Å². The highest BCUT2D eigenvalue weighted by molar-refractivity contribution is 5.98. The number of carbonyl (C=O) groups excluding carboxylic acids is 2. The Bertz CT molecular complexity index is 1330. The monoisotopic (exact) mass is 569 g/mol. The van der Waals surface area contributed by atoms with E-state index >= 15 is 0 Å². The maximum absolute atomic E-state index is 14.9. The van der Waals surface area contributed by atoms with Crippen LogP contribution in [0.5, 0.6) is 0 Å². The van der Waals surface area contributed by atoms with Crippen molar-refractivity contribution in [3.05, 3.63) is 88.9 Å². The molecule has 2 amide bonds. The first-order valence-corrected chi connectivity index (χ1v) is 14.3. The first kappa shape index (κ1) is 28.9. The van der Waals surface area contributed by atoms with Crippen molar-refractivity contribution in [1.29, 1.82) is 0 Å². The van der Waals surface area contributed by atoms with Gasteiger partial charge in [-0.05, 0) is 74.9 Å². The molecule has 2 aromatic rings. The van der Waals surface area contributed by atoms with E-state index < -0.39 is 41.3 Å². The van der Waals surface area contributed by atoms with Crippen molar-refractivity contribution < 1.29 is 27.2 Å². The topological polar surface area (TPSA) is 61.4 Å². The third kappa shape index (κ3) is 6.49. The Kier molecular flexibility index (Phi) is 8.52. The third-order valence-electron chi connectivity index (χ3n) is 8.47. The number of rotatable bonds is 6. The number of likely N-dealkylation sites (tertiary alicyclic amines) is 1. The molecule has 218 valence electrons. The number of carbonyl (C=O) groups is 2. The number of benzene rings is 2. The standard InChI is InChI=1S/C32H35F4N3O2/c1-20-7-4-13-27(33)28(20)31(41)39-18-6-12-26(30(40)38-25-11-5-8-22(19-25)32(34,35)36)29(39)21-14-16-24(17-15-21)37-23-9-2-3-10-23/h4-5,7-8,11,13-14,16-17,19,21,23,26,29,37H,2-3,6,9-10,12,15,18H2,1H3,(H,38,40)/t21-,26?,29?/m1/s1. The van der Waals surface area contributed by atoms with Gasteiger partial charge in [0.15, 0.2) is 0 Å². The number of nitrogens with zero attached hydrogens (tertiary/aromatic N) is 1. The van der Waals surface area contributed by atoms with Crippen molar-refractivity contribution in [2.75, 3.05) is 11.9 Å². The third-order valence-corrected chi connectivity index (χ3v) is 8.47.